The summed E-state index contributed by atoms with van der Waals surface area (Å²) in [6, 6.07) is 13.4. The summed E-state index contributed by atoms with van der Waals surface area (Å²) >= 11 is 0. The number of ether oxygens (including phenoxy) is 1. The van der Waals surface area contributed by atoms with E-state index in [1.54, 1.807) is 30.5 Å². The van der Waals surface area contributed by atoms with Crippen LogP contribution in [0.1, 0.15) is 45.5 Å². The van der Waals surface area contributed by atoms with Gasteiger partial charge in [-0.25, -0.2) is 27.2 Å². The molecule has 4 aromatic rings. The summed E-state index contributed by atoms with van der Waals surface area (Å²) in [6.07, 6.45) is 1.54. The highest BCUT2D eigenvalue weighted by Crippen LogP contribution is 2.33. The maximum absolute atomic E-state index is 14.0. The molecule has 1 N–H and O–H groups in total. The topological polar surface area (TPSA) is 114 Å². The maximum Gasteiger partial charge on any atom is 0.251 e. The second-order valence-electron chi connectivity index (χ2n) is 10.0. The number of pyridine rings is 3. The van der Waals surface area contributed by atoms with Crippen LogP contribution < -0.4 is 10.2 Å². The summed E-state index contributed by atoms with van der Waals surface area (Å²) in [4.78, 5) is 28.6. The van der Waals surface area contributed by atoms with Crippen molar-refractivity contribution >= 4 is 38.3 Å². The minimum absolute atomic E-state index is 0.0570. The molecule has 5 heterocycles. The first-order valence-corrected chi connectivity index (χ1v) is 14.9. The molecule has 1 atom stereocenters. The number of hydrogen-bond donors (Lipinski definition) is 1. The van der Waals surface area contributed by atoms with E-state index in [4.69, 9.17) is 9.72 Å². The first kappa shape index (κ1) is 27.2. The van der Waals surface area contributed by atoms with E-state index in [1.165, 1.54) is 12.1 Å². The Morgan fingerprint density at radius 2 is 1.95 bits per heavy atom. The number of aromatic nitrogens is 3. The average Bonchev–Trinajstić information content (AvgIpc) is 3.15. The highest BCUT2D eigenvalue weighted by Gasteiger charge is 2.25. The van der Waals surface area contributed by atoms with Crippen LogP contribution in [0.25, 0.3) is 10.9 Å². The molecule has 0 aliphatic carbocycles. The van der Waals surface area contributed by atoms with E-state index in [0.29, 0.717) is 35.0 Å². The fraction of sp³-hybridized carbons (Fsp3) is 0.310. The summed E-state index contributed by atoms with van der Waals surface area (Å²) in [5.41, 5.74) is 2.98. The van der Waals surface area contributed by atoms with Gasteiger partial charge in [0.15, 0.2) is 16.0 Å². The molecule has 1 aromatic carbocycles. The molecule has 0 spiro atoms. The van der Waals surface area contributed by atoms with Crippen molar-refractivity contribution in [2.75, 3.05) is 30.5 Å². The molecular formula is C29H27F2N5O4S. The smallest absolute Gasteiger partial charge is 0.251 e. The zero-order chi connectivity index (χ0) is 28.6. The van der Waals surface area contributed by atoms with Crippen molar-refractivity contribution < 1.29 is 26.7 Å². The number of carbonyl (C=O) groups excluding carboxylic acids is 1. The zero-order valence-corrected chi connectivity index (χ0v) is 22.8. The van der Waals surface area contributed by atoms with Crippen molar-refractivity contribution in [2.24, 2.45) is 0 Å². The number of amides is 1. The van der Waals surface area contributed by atoms with Gasteiger partial charge in [0.2, 0.25) is 0 Å². The van der Waals surface area contributed by atoms with Crippen LogP contribution in [-0.4, -0.2) is 54.9 Å². The molecule has 12 heteroatoms. The second kappa shape index (κ2) is 11.1. The molecule has 9 nitrogen and oxygen atoms in total. The van der Waals surface area contributed by atoms with Crippen molar-refractivity contribution in [3.63, 3.8) is 0 Å². The van der Waals surface area contributed by atoms with Gasteiger partial charge in [0, 0.05) is 23.7 Å². The summed E-state index contributed by atoms with van der Waals surface area (Å²) in [5.74, 6) is 0.640. The lowest BCUT2D eigenvalue weighted by Crippen LogP contribution is -2.27. The van der Waals surface area contributed by atoms with Crippen LogP contribution in [0.4, 0.5) is 20.4 Å². The van der Waals surface area contributed by atoms with E-state index in [9.17, 15) is 22.0 Å². The fourth-order valence-corrected chi connectivity index (χ4v) is 6.45. The van der Waals surface area contributed by atoms with Gasteiger partial charge in [-0.1, -0.05) is 12.1 Å². The summed E-state index contributed by atoms with van der Waals surface area (Å²) in [6.45, 7) is -0.105. The number of alkyl halides is 2. The van der Waals surface area contributed by atoms with Crippen molar-refractivity contribution in [2.45, 2.75) is 37.1 Å². The molecule has 0 saturated heterocycles. The molecule has 41 heavy (non-hydrogen) atoms. The van der Waals surface area contributed by atoms with Gasteiger partial charge in [0.1, 0.15) is 18.3 Å². The van der Waals surface area contributed by atoms with Gasteiger partial charge in [-0.15, -0.1) is 0 Å². The van der Waals surface area contributed by atoms with Gasteiger partial charge in [0.05, 0.1) is 47.3 Å². The van der Waals surface area contributed by atoms with E-state index in [0.717, 1.165) is 23.8 Å². The number of sulfone groups is 1. The van der Waals surface area contributed by atoms with Crippen LogP contribution in [0.2, 0.25) is 0 Å². The van der Waals surface area contributed by atoms with Gasteiger partial charge in [0.25, 0.3) is 5.91 Å². The van der Waals surface area contributed by atoms with Crippen LogP contribution in [0.5, 0.6) is 0 Å². The standard InChI is InChI=1S/C29H27F2N5O4S/c30-14-23(31)24-7-5-18-2-1-9-36(28(18)35-24)27-8-6-20-15-32-22(13-25(20)34-27)16-33-29(37)19-3-4-21-17-40-10-11-41(38,39)26(21)12-19/h3-8,12-13,15,23H,1-2,9-11,14,16-17H2,(H,33,37). The fourth-order valence-electron chi connectivity index (χ4n) is 5.06. The number of rotatable bonds is 6. The molecule has 3 aromatic heterocycles. The van der Waals surface area contributed by atoms with Gasteiger partial charge in [-0.3, -0.25) is 9.78 Å². The predicted molar refractivity (Wildman–Crippen MR) is 148 cm³/mol. The van der Waals surface area contributed by atoms with Gasteiger partial charge in [-0.2, -0.15) is 0 Å². The SMILES string of the molecule is O=C(NCc1cc2nc(N3CCCc4ccc(C(F)CF)nc43)ccc2cn1)c1ccc2c(c1)S(=O)(=O)CCOC2. The molecule has 212 valence electrons. The highest BCUT2D eigenvalue weighted by atomic mass is 32.2. The number of fused-ring (bicyclic) bond motifs is 3. The number of nitrogens with zero attached hydrogens (tertiary/aromatic N) is 4. The normalized spacial score (nSPS) is 16.9. The van der Waals surface area contributed by atoms with Crippen molar-refractivity contribution in [1.29, 1.82) is 0 Å². The number of nitrogens with one attached hydrogen (secondary N) is 1. The highest BCUT2D eigenvalue weighted by molar-refractivity contribution is 7.91. The van der Waals surface area contributed by atoms with Crippen molar-refractivity contribution in [1.82, 2.24) is 20.3 Å². The lowest BCUT2D eigenvalue weighted by atomic mass is 10.0. The maximum atomic E-state index is 14.0. The Hall–Kier alpha value is -4.03. The van der Waals surface area contributed by atoms with E-state index in [-0.39, 0.29) is 41.7 Å². The van der Waals surface area contributed by atoms with E-state index < -0.39 is 28.6 Å². The third kappa shape index (κ3) is 5.49. The van der Waals surface area contributed by atoms with E-state index in [2.05, 4.69) is 15.3 Å². The minimum Gasteiger partial charge on any atom is -0.376 e. The molecule has 6 rings (SSSR count). The Morgan fingerprint density at radius 1 is 1.10 bits per heavy atom. The summed E-state index contributed by atoms with van der Waals surface area (Å²) in [5, 5.41) is 3.59. The molecule has 1 amide bonds. The number of halogens is 2. The molecule has 2 aliphatic heterocycles. The lowest BCUT2D eigenvalue weighted by Gasteiger charge is -2.30. The van der Waals surface area contributed by atoms with Crippen LogP contribution in [0.15, 0.2) is 59.6 Å². The van der Waals surface area contributed by atoms with Crippen LogP contribution >= 0.6 is 0 Å². The monoisotopic (exact) mass is 579 g/mol. The Balaban J connectivity index is 1.22. The van der Waals surface area contributed by atoms with Gasteiger partial charge < -0.3 is 15.0 Å². The third-order valence-corrected chi connectivity index (χ3v) is 9.01. The number of benzene rings is 1. The summed E-state index contributed by atoms with van der Waals surface area (Å²) in [7, 11) is -3.54. The third-order valence-electron chi connectivity index (χ3n) is 7.26. The molecule has 0 fully saturated rings. The van der Waals surface area contributed by atoms with E-state index >= 15 is 0 Å². The van der Waals surface area contributed by atoms with Gasteiger partial charge >= 0.3 is 0 Å². The molecular weight excluding hydrogens is 552 g/mol. The van der Waals surface area contributed by atoms with Crippen molar-refractivity contribution in [3.8, 4) is 0 Å². The zero-order valence-electron chi connectivity index (χ0n) is 22.0. The number of carbonyl (C=O) groups is 1. The number of anilines is 2. The Labute approximate surface area is 235 Å². The number of aryl methyl sites for hydroxylation is 1. The van der Waals surface area contributed by atoms with Crippen LogP contribution in [0, 0.1) is 0 Å². The number of hydrogen-bond acceptors (Lipinski definition) is 8. The van der Waals surface area contributed by atoms with Crippen molar-refractivity contribution in [3.05, 3.63) is 82.8 Å². The van der Waals surface area contributed by atoms with E-state index in [1.807, 2.05) is 17.0 Å². The molecule has 0 bridgehead atoms. The van der Waals surface area contributed by atoms with Gasteiger partial charge in [-0.05, 0) is 60.4 Å². The molecule has 0 saturated carbocycles. The Bertz CT molecular complexity index is 1750. The Morgan fingerprint density at radius 3 is 2.80 bits per heavy atom. The minimum atomic E-state index is -3.54. The average molecular weight is 580 g/mol. The first-order chi connectivity index (χ1) is 19.8. The summed E-state index contributed by atoms with van der Waals surface area (Å²) < 4.78 is 57.5. The lowest BCUT2D eigenvalue weighted by molar-refractivity contribution is 0.0950. The predicted octanol–water partition coefficient (Wildman–Crippen LogP) is 4.32. The first-order valence-electron chi connectivity index (χ1n) is 13.3. The van der Waals surface area contributed by atoms with Crippen LogP contribution in [-0.2, 0) is 34.1 Å². The second-order valence-corrected chi connectivity index (χ2v) is 12.1. The quantitative estimate of drug-likeness (QED) is 0.359. The molecule has 1 unspecified atom stereocenters. The molecule has 2 aliphatic rings. The Kier molecular flexibility index (Phi) is 7.35. The van der Waals surface area contributed by atoms with Crippen LogP contribution in [0.3, 0.4) is 0 Å². The molecule has 0 radical (unpaired) electrons. The largest absolute Gasteiger partial charge is 0.376 e.